The van der Waals surface area contributed by atoms with Crippen LogP contribution in [0, 0.1) is 0 Å². The highest BCUT2D eigenvalue weighted by Gasteiger charge is 2.24. The Labute approximate surface area is 64.3 Å². The van der Waals surface area contributed by atoms with Crippen LogP contribution in [0.25, 0.3) is 0 Å². The van der Waals surface area contributed by atoms with E-state index in [0.29, 0.717) is 0 Å². The smallest absolute Gasteiger partial charge is 0.106 e. The summed E-state index contributed by atoms with van der Waals surface area (Å²) >= 11 is 0. The predicted molar refractivity (Wildman–Crippen MR) is 41.8 cm³/mol. The minimum Gasteiger partial charge on any atom is -0.304 e. The van der Waals surface area contributed by atoms with Crippen LogP contribution in [0.4, 0.5) is 0 Å². The molecule has 0 amide bonds. The first-order chi connectivity index (χ1) is 4.86. The van der Waals surface area contributed by atoms with Gasteiger partial charge in [-0.2, -0.15) is 0 Å². The zero-order chi connectivity index (χ0) is 8.56. The molecule has 0 saturated carbocycles. The largest absolute Gasteiger partial charge is 0.304 e. The van der Waals surface area contributed by atoms with Crippen molar-refractivity contribution in [3.63, 3.8) is 0 Å². The number of aromatic nitrogens is 1. The SMILES string of the molecule is CS(=O)(O)(O)c1ccncc1. The van der Waals surface area contributed by atoms with Gasteiger partial charge in [-0.3, -0.25) is 4.98 Å². The fraction of sp³-hybridized carbons (Fsp3) is 0.167. The Bertz CT molecular complexity index is 305. The van der Waals surface area contributed by atoms with E-state index in [1.54, 1.807) is 0 Å². The molecule has 1 aromatic rings. The third-order valence-electron chi connectivity index (χ3n) is 1.19. The molecule has 0 fully saturated rings. The molecule has 0 aliphatic carbocycles. The van der Waals surface area contributed by atoms with Gasteiger partial charge in [0.1, 0.15) is 9.63 Å². The highest BCUT2D eigenvalue weighted by Crippen LogP contribution is 2.23. The Balaban J connectivity index is 3.26. The molecule has 0 aliphatic rings. The monoisotopic (exact) mass is 175 g/mol. The van der Waals surface area contributed by atoms with Gasteiger partial charge in [-0.25, -0.2) is 4.21 Å². The molecular formula is C6H9NO3S. The van der Waals surface area contributed by atoms with E-state index >= 15 is 0 Å². The topological polar surface area (TPSA) is 70.4 Å². The molecule has 1 rings (SSSR count). The Morgan fingerprint density at radius 2 is 1.82 bits per heavy atom. The highest BCUT2D eigenvalue weighted by atomic mass is 32.3. The van der Waals surface area contributed by atoms with E-state index < -0.39 is 9.63 Å². The van der Waals surface area contributed by atoms with Crippen LogP contribution in [0.1, 0.15) is 0 Å². The number of nitrogens with zero attached hydrogens (tertiary/aromatic N) is 1. The molecule has 0 saturated heterocycles. The maximum absolute atomic E-state index is 11.1. The molecule has 0 bridgehead atoms. The van der Waals surface area contributed by atoms with Crippen LogP contribution >= 0.6 is 0 Å². The number of pyridine rings is 1. The number of hydrogen-bond acceptors (Lipinski definition) is 2. The van der Waals surface area contributed by atoms with Crippen molar-refractivity contribution in [3.05, 3.63) is 24.5 Å². The van der Waals surface area contributed by atoms with Crippen LogP contribution in [-0.4, -0.2) is 24.6 Å². The maximum Gasteiger partial charge on any atom is 0.106 e. The lowest BCUT2D eigenvalue weighted by atomic mass is 10.5. The quantitative estimate of drug-likeness (QED) is 0.663. The van der Waals surface area contributed by atoms with Crippen molar-refractivity contribution in [3.8, 4) is 0 Å². The minimum absolute atomic E-state index is 0.0167. The molecule has 0 radical (unpaired) electrons. The average molecular weight is 175 g/mol. The summed E-state index contributed by atoms with van der Waals surface area (Å²) in [5, 5.41) is 0. The first-order valence-corrected chi connectivity index (χ1v) is 5.19. The summed E-state index contributed by atoms with van der Waals surface area (Å²) in [6, 6.07) is 2.60. The third-order valence-corrected chi connectivity index (χ3v) is 2.55. The van der Waals surface area contributed by atoms with Crippen molar-refractivity contribution < 1.29 is 13.3 Å². The summed E-state index contributed by atoms with van der Waals surface area (Å²) < 4.78 is 29.1. The third kappa shape index (κ3) is 2.07. The van der Waals surface area contributed by atoms with E-state index in [-0.39, 0.29) is 4.90 Å². The van der Waals surface area contributed by atoms with Crippen molar-refractivity contribution in [2.75, 3.05) is 6.26 Å². The summed E-state index contributed by atoms with van der Waals surface area (Å²) in [5.74, 6) is 0. The lowest BCUT2D eigenvalue weighted by Gasteiger charge is -2.24. The molecule has 0 unspecified atom stereocenters. The van der Waals surface area contributed by atoms with Crippen molar-refractivity contribution in [1.29, 1.82) is 0 Å². The van der Waals surface area contributed by atoms with Crippen LogP contribution in [0.15, 0.2) is 29.4 Å². The van der Waals surface area contributed by atoms with Crippen molar-refractivity contribution in [1.82, 2.24) is 4.98 Å². The fourth-order valence-electron chi connectivity index (χ4n) is 0.652. The van der Waals surface area contributed by atoms with Crippen molar-refractivity contribution >= 4 is 9.63 Å². The Hall–Kier alpha value is -0.780. The van der Waals surface area contributed by atoms with Gasteiger partial charge >= 0.3 is 0 Å². The van der Waals surface area contributed by atoms with Gasteiger partial charge in [0.05, 0.1) is 4.90 Å². The molecule has 2 N–H and O–H groups in total. The number of hydrogen-bond donors (Lipinski definition) is 2. The Kier molecular flexibility index (Phi) is 1.59. The van der Waals surface area contributed by atoms with Gasteiger partial charge in [0.25, 0.3) is 0 Å². The summed E-state index contributed by atoms with van der Waals surface area (Å²) in [7, 11) is -4.55. The van der Waals surface area contributed by atoms with Gasteiger partial charge in [0, 0.05) is 18.6 Å². The first kappa shape index (κ1) is 8.32. The van der Waals surface area contributed by atoms with E-state index in [4.69, 9.17) is 9.11 Å². The number of rotatable bonds is 1. The summed E-state index contributed by atoms with van der Waals surface area (Å²) in [4.78, 5) is 3.63. The summed E-state index contributed by atoms with van der Waals surface area (Å²) in [6.07, 6.45) is 3.57. The van der Waals surface area contributed by atoms with Gasteiger partial charge in [-0.15, -0.1) is 0 Å². The van der Waals surface area contributed by atoms with E-state index in [0.717, 1.165) is 6.26 Å². The average Bonchev–Trinajstić information content (AvgIpc) is 1.86. The molecule has 62 valence electrons. The molecular weight excluding hydrogens is 166 g/mol. The molecule has 4 nitrogen and oxygen atoms in total. The van der Waals surface area contributed by atoms with Crippen molar-refractivity contribution in [2.45, 2.75) is 4.90 Å². The van der Waals surface area contributed by atoms with Crippen LogP contribution in [0.3, 0.4) is 0 Å². The molecule has 0 spiro atoms. The van der Waals surface area contributed by atoms with Gasteiger partial charge in [0.15, 0.2) is 0 Å². The van der Waals surface area contributed by atoms with E-state index in [2.05, 4.69) is 4.98 Å². The van der Waals surface area contributed by atoms with Gasteiger partial charge < -0.3 is 9.11 Å². The second-order valence-electron chi connectivity index (χ2n) is 2.42. The first-order valence-electron chi connectivity index (χ1n) is 2.90. The Morgan fingerprint density at radius 1 is 1.36 bits per heavy atom. The minimum atomic E-state index is -4.55. The fourth-order valence-corrected chi connectivity index (χ4v) is 1.40. The summed E-state index contributed by atoms with van der Waals surface area (Å²) in [5.41, 5.74) is 0. The lowest BCUT2D eigenvalue weighted by Crippen LogP contribution is -2.28. The standard InChI is InChI=1S/C6H9NO3S/c1-11(8,9,10)6-2-4-7-5-3-6/h2-5H,1H3,(H2,8,9,10). The van der Waals surface area contributed by atoms with Gasteiger partial charge in [-0.1, -0.05) is 0 Å². The van der Waals surface area contributed by atoms with Crippen molar-refractivity contribution in [2.24, 2.45) is 0 Å². The van der Waals surface area contributed by atoms with E-state index in [1.165, 1.54) is 24.5 Å². The molecule has 1 heterocycles. The maximum atomic E-state index is 11.1. The van der Waals surface area contributed by atoms with Gasteiger partial charge in [0.2, 0.25) is 0 Å². The van der Waals surface area contributed by atoms with Crippen LogP contribution in [0.2, 0.25) is 0 Å². The van der Waals surface area contributed by atoms with Crippen LogP contribution in [-0.2, 0) is 9.63 Å². The second-order valence-corrected chi connectivity index (χ2v) is 5.35. The van der Waals surface area contributed by atoms with Crippen LogP contribution in [0.5, 0.6) is 0 Å². The molecule has 0 atom stereocenters. The zero-order valence-corrected chi connectivity index (χ0v) is 6.78. The normalized spacial score (nSPS) is 15.4. The van der Waals surface area contributed by atoms with E-state index in [1.807, 2.05) is 0 Å². The molecule has 0 aromatic carbocycles. The highest BCUT2D eigenvalue weighted by molar-refractivity contribution is 8.09. The zero-order valence-electron chi connectivity index (χ0n) is 5.97. The second kappa shape index (κ2) is 2.10. The predicted octanol–water partition coefficient (Wildman–Crippen LogP) is 0.836. The molecule has 5 heteroatoms. The van der Waals surface area contributed by atoms with Gasteiger partial charge in [-0.05, 0) is 12.1 Å². The molecule has 1 aromatic heterocycles. The molecule has 11 heavy (non-hydrogen) atoms. The Morgan fingerprint density at radius 3 is 2.09 bits per heavy atom. The summed E-state index contributed by atoms with van der Waals surface area (Å²) in [6.45, 7) is 0. The molecule has 0 aliphatic heterocycles. The lowest BCUT2D eigenvalue weighted by molar-refractivity contribution is 0.398. The van der Waals surface area contributed by atoms with Crippen LogP contribution < -0.4 is 0 Å². The van der Waals surface area contributed by atoms with E-state index in [9.17, 15) is 4.21 Å².